The minimum Gasteiger partial charge on any atom is -0.493 e. The third-order valence-electron chi connectivity index (χ3n) is 4.22. The Kier molecular flexibility index (Phi) is 7.52. The average molecular weight is 464 g/mol. The number of alkyl halides is 3. The van der Waals surface area contributed by atoms with Gasteiger partial charge in [-0.15, -0.1) is 0 Å². The summed E-state index contributed by atoms with van der Waals surface area (Å²) in [5.74, 6) is 0.266. The topological polar surface area (TPSA) is 86.2 Å². The van der Waals surface area contributed by atoms with E-state index in [9.17, 15) is 18.0 Å². The number of carbonyl (C=O) groups excluding carboxylic acids is 1. The fourth-order valence-electron chi connectivity index (χ4n) is 2.66. The average Bonchev–Trinajstić information content (AvgIpc) is 2.80. The van der Waals surface area contributed by atoms with Gasteiger partial charge in [0.2, 0.25) is 5.91 Å². The molecule has 168 valence electrons. The van der Waals surface area contributed by atoms with Crippen molar-refractivity contribution in [3.8, 4) is 22.8 Å². The van der Waals surface area contributed by atoms with Gasteiger partial charge < -0.3 is 14.8 Å². The number of amides is 1. The van der Waals surface area contributed by atoms with Gasteiger partial charge in [-0.3, -0.25) is 9.78 Å². The summed E-state index contributed by atoms with van der Waals surface area (Å²) in [5.41, 5.74) is 0.137. The maximum atomic E-state index is 13.4. The van der Waals surface area contributed by atoms with Gasteiger partial charge in [-0.1, -0.05) is 17.8 Å². The van der Waals surface area contributed by atoms with Gasteiger partial charge in [0.15, 0.2) is 16.7 Å². The van der Waals surface area contributed by atoms with Gasteiger partial charge in [0.25, 0.3) is 0 Å². The predicted molar refractivity (Wildman–Crippen MR) is 112 cm³/mol. The van der Waals surface area contributed by atoms with E-state index in [1.54, 1.807) is 36.7 Å². The van der Waals surface area contributed by atoms with Crippen LogP contribution in [0.15, 0.2) is 53.9 Å². The highest BCUT2D eigenvalue weighted by Gasteiger charge is 2.34. The first kappa shape index (κ1) is 23.3. The van der Waals surface area contributed by atoms with Crippen molar-refractivity contribution < 1.29 is 27.4 Å². The Labute approximate surface area is 186 Å². The summed E-state index contributed by atoms with van der Waals surface area (Å²) >= 11 is 0.815. The Hall–Kier alpha value is -3.34. The molecule has 0 bridgehead atoms. The second-order valence-corrected chi connectivity index (χ2v) is 7.36. The first-order valence-corrected chi connectivity index (χ1v) is 10.3. The number of methoxy groups -OCH3 is 2. The van der Waals surface area contributed by atoms with Crippen LogP contribution in [0.1, 0.15) is 11.3 Å². The van der Waals surface area contributed by atoms with Gasteiger partial charge >= 0.3 is 6.18 Å². The fraction of sp³-hybridized carbons (Fsp3) is 0.238. The number of nitrogens with zero attached hydrogens (tertiary/aromatic N) is 3. The van der Waals surface area contributed by atoms with Crippen LogP contribution in [0.5, 0.6) is 11.5 Å². The van der Waals surface area contributed by atoms with Crippen LogP contribution in [0.3, 0.4) is 0 Å². The summed E-state index contributed by atoms with van der Waals surface area (Å²) < 4.78 is 50.6. The Bertz CT molecular complexity index is 1080. The molecule has 1 aromatic carbocycles. The van der Waals surface area contributed by atoms with E-state index in [0.717, 1.165) is 23.4 Å². The van der Waals surface area contributed by atoms with Gasteiger partial charge in [0.1, 0.15) is 5.69 Å². The molecular formula is C21H19F3N4O3S. The SMILES string of the molecule is COc1ccc(-c2cc(C(F)(F)F)nc(SCC(=O)NCc3cccnc3)n2)cc1OC. The Morgan fingerprint density at radius 3 is 2.53 bits per heavy atom. The Morgan fingerprint density at radius 2 is 1.88 bits per heavy atom. The molecule has 0 atom stereocenters. The molecule has 0 unspecified atom stereocenters. The van der Waals surface area contributed by atoms with Crippen LogP contribution in [0.25, 0.3) is 11.3 Å². The molecule has 0 aliphatic heterocycles. The van der Waals surface area contributed by atoms with E-state index in [2.05, 4.69) is 20.3 Å². The number of hydrogen-bond donors (Lipinski definition) is 1. The minimum absolute atomic E-state index is 0.0477. The van der Waals surface area contributed by atoms with E-state index in [1.165, 1.54) is 20.3 Å². The van der Waals surface area contributed by atoms with Crippen LogP contribution in [-0.4, -0.2) is 40.8 Å². The maximum absolute atomic E-state index is 13.4. The molecule has 0 radical (unpaired) electrons. The Morgan fingerprint density at radius 1 is 1.09 bits per heavy atom. The van der Waals surface area contributed by atoms with Gasteiger partial charge in [0.05, 0.1) is 25.7 Å². The number of pyridine rings is 1. The molecule has 11 heteroatoms. The standard InChI is InChI=1S/C21H19F3N4O3S/c1-30-16-6-5-14(8-17(16)31-2)15-9-18(21(22,23)24)28-20(27-15)32-12-19(29)26-11-13-4-3-7-25-10-13/h3-10H,11-12H2,1-2H3,(H,26,29). The number of rotatable bonds is 8. The maximum Gasteiger partial charge on any atom is 0.433 e. The van der Waals surface area contributed by atoms with Crippen molar-refractivity contribution in [2.75, 3.05) is 20.0 Å². The van der Waals surface area contributed by atoms with E-state index in [-0.39, 0.29) is 29.1 Å². The van der Waals surface area contributed by atoms with Crippen molar-refractivity contribution in [3.63, 3.8) is 0 Å². The van der Waals surface area contributed by atoms with Gasteiger partial charge in [-0.2, -0.15) is 13.2 Å². The molecule has 0 fully saturated rings. The summed E-state index contributed by atoms with van der Waals surface area (Å²) in [5, 5.41) is 2.51. The monoisotopic (exact) mass is 464 g/mol. The van der Waals surface area contributed by atoms with Crippen molar-refractivity contribution >= 4 is 17.7 Å². The zero-order chi connectivity index (χ0) is 23.1. The number of ether oxygens (including phenoxy) is 2. The third kappa shape index (κ3) is 6.10. The van der Waals surface area contributed by atoms with Crippen molar-refractivity contribution in [1.29, 1.82) is 0 Å². The summed E-state index contributed by atoms with van der Waals surface area (Å²) in [6, 6.07) is 9.05. The van der Waals surface area contributed by atoms with E-state index in [0.29, 0.717) is 17.1 Å². The zero-order valence-corrected chi connectivity index (χ0v) is 18.0. The highest BCUT2D eigenvalue weighted by molar-refractivity contribution is 7.99. The second-order valence-electron chi connectivity index (χ2n) is 6.42. The lowest BCUT2D eigenvalue weighted by molar-refractivity contribution is -0.141. The van der Waals surface area contributed by atoms with Crippen molar-refractivity contribution in [2.24, 2.45) is 0 Å². The van der Waals surface area contributed by atoms with Crippen LogP contribution in [-0.2, 0) is 17.5 Å². The Balaban J connectivity index is 1.79. The van der Waals surface area contributed by atoms with Gasteiger partial charge in [-0.25, -0.2) is 9.97 Å². The molecule has 1 N–H and O–H groups in total. The fourth-order valence-corrected chi connectivity index (χ4v) is 3.35. The number of thioether (sulfide) groups is 1. The normalized spacial score (nSPS) is 11.2. The van der Waals surface area contributed by atoms with Crippen molar-refractivity contribution in [2.45, 2.75) is 17.9 Å². The lowest BCUT2D eigenvalue weighted by atomic mass is 10.1. The van der Waals surface area contributed by atoms with Crippen LogP contribution in [0.4, 0.5) is 13.2 Å². The van der Waals surface area contributed by atoms with E-state index >= 15 is 0 Å². The highest BCUT2D eigenvalue weighted by atomic mass is 32.2. The molecule has 0 saturated carbocycles. The number of nitrogens with one attached hydrogen (secondary N) is 1. The largest absolute Gasteiger partial charge is 0.493 e. The summed E-state index contributed by atoms with van der Waals surface area (Å²) in [7, 11) is 2.88. The van der Waals surface area contributed by atoms with Crippen LogP contribution in [0, 0.1) is 0 Å². The molecule has 0 aliphatic carbocycles. The number of aromatic nitrogens is 3. The van der Waals surface area contributed by atoms with Crippen LogP contribution >= 0.6 is 11.8 Å². The smallest absolute Gasteiger partial charge is 0.433 e. The highest BCUT2D eigenvalue weighted by Crippen LogP contribution is 2.35. The van der Waals surface area contributed by atoms with Crippen LogP contribution < -0.4 is 14.8 Å². The number of hydrogen-bond acceptors (Lipinski definition) is 7. The molecule has 0 aliphatic rings. The molecule has 0 spiro atoms. The summed E-state index contributed by atoms with van der Waals surface area (Å²) in [6.45, 7) is 0.258. The summed E-state index contributed by atoms with van der Waals surface area (Å²) in [4.78, 5) is 23.9. The molecule has 2 aromatic heterocycles. The molecule has 32 heavy (non-hydrogen) atoms. The molecular weight excluding hydrogens is 445 g/mol. The third-order valence-corrected chi connectivity index (χ3v) is 5.07. The number of benzene rings is 1. The number of carbonyl (C=O) groups is 1. The van der Waals surface area contributed by atoms with E-state index in [1.807, 2.05) is 0 Å². The molecule has 3 rings (SSSR count). The molecule has 1 amide bonds. The van der Waals surface area contributed by atoms with E-state index in [4.69, 9.17) is 9.47 Å². The lowest BCUT2D eigenvalue weighted by Gasteiger charge is -2.12. The van der Waals surface area contributed by atoms with Crippen molar-refractivity contribution in [1.82, 2.24) is 20.3 Å². The van der Waals surface area contributed by atoms with Gasteiger partial charge in [-0.05, 0) is 35.9 Å². The molecule has 3 aromatic rings. The first-order chi connectivity index (χ1) is 15.3. The molecule has 7 nitrogen and oxygen atoms in total. The first-order valence-electron chi connectivity index (χ1n) is 9.27. The molecule has 0 saturated heterocycles. The van der Waals surface area contributed by atoms with Gasteiger partial charge in [0, 0.05) is 24.5 Å². The quantitative estimate of drug-likeness (QED) is 0.399. The van der Waals surface area contributed by atoms with Crippen LogP contribution in [0.2, 0.25) is 0 Å². The minimum atomic E-state index is -4.67. The zero-order valence-electron chi connectivity index (χ0n) is 17.1. The predicted octanol–water partition coefficient (Wildman–Crippen LogP) is 3.98. The summed E-state index contributed by atoms with van der Waals surface area (Å²) in [6.07, 6.45) is -1.45. The second kappa shape index (κ2) is 10.3. The van der Waals surface area contributed by atoms with E-state index < -0.39 is 11.9 Å². The number of halogens is 3. The van der Waals surface area contributed by atoms with Crippen molar-refractivity contribution in [3.05, 3.63) is 60.0 Å². The molecule has 2 heterocycles. The lowest BCUT2D eigenvalue weighted by Crippen LogP contribution is -2.24.